The van der Waals surface area contributed by atoms with Crippen molar-refractivity contribution in [1.29, 1.82) is 10.5 Å². The molecule has 16 heavy (non-hydrogen) atoms. The van der Waals surface area contributed by atoms with E-state index in [-0.39, 0.29) is 12.1 Å². The summed E-state index contributed by atoms with van der Waals surface area (Å²) in [6, 6.07) is 11.4. The minimum atomic E-state index is -0.344. The Morgan fingerprint density at radius 3 is 2.69 bits per heavy atom. The standard InChI is InChI=1S/C13H15N3/c1-3-10(2)16-13(9-15)12-6-4-5-11(7-12)8-14/h4-7,10,13,16H,3H2,1-2H3. The van der Waals surface area contributed by atoms with Gasteiger partial charge in [-0.25, -0.2) is 0 Å². The van der Waals surface area contributed by atoms with E-state index in [0.717, 1.165) is 12.0 Å². The van der Waals surface area contributed by atoms with Gasteiger partial charge in [0, 0.05) is 6.04 Å². The van der Waals surface area contributed by atoms with Crippen molar-refractivity contribution in [2.75, 3.05) is 0 Å². The van der Waals surface area contributed by atoms with Crippen LogP contribution in [0.15, 0.2) is 24.3 Å². The lowest BCUT2D eigenvalue weighted by molar-refractivity contribution is 0.501. The van der Waals surface area contributed by atoms with Gasteiger partial charge in [-0.05, 0) is 31.0 Å². The minimum Gasteiger partial charge on any atom is -0.296 e. The lowest BCUT2D eigenvalue weighted by Crippen LogP contribution is -2.29. The maximum atomic E-state index is 9.09. The number of rotatable bonds is 4. The highest BCUT2D eigenvalue weighted by atomic mass is 14.9. The molecule has 0 amide bonds. The van der Waals surface area contributed by atoms with Crippen LogP contribution >= 0.6 is 0 Å². The molecule has 0 radical (unpaired) electrons. The highest BCUT2D eigenvalue weighted by molar-refractivity contribution is 5.36. The van der Waals surface area contributed by atoms with E-state index in [0.29, 0.717) is 5.56 Å². The summed E-state index contributed by atoms with van der Waals surface area (Å²) in [4.78, 5) is 0. The van der Waals surface area contributed by atoms with Crippen molar-refractivity contribution in [3.8, 4) is 12.1 Å². The second-order valence-electron chi connectivity index (χ2n) is 3.78. The Kier molecular flexibility index (Phi) is 4.51. The van der Waals surface area contributed by atoms with Gasteiger partial charge in [-0.1, -0.05) is 19.1 Å². The largest absolute Gasteiger partial charge is 0.296 e. The summed E-state index contributed by atoms with van der Waals surface area (Å²) in [6.07, 6.45) is 0.968. The number of hydrogen-bond donors (Lipinski definition) is 1. The molecule has 3 heteroatoms. The third kappa shape index (κ3) is 3.08. The van der Waals surface area contributed by atoms with Gasteiger partial charge in [0.05, 0.1) is 17.7 Å². The quantitative estimate of drug-likeness (QED) is 0.836. The molecule has 0 saturated heterocycles. The van der Waals surface area contributed by atoms with Crippen LogP contribution in [0.2, 0.25) is 0 Å². The highest BCUT2D eigenvalue weighted by Gasteiger charge is 2.12. The van der Waals surface area contributed by atoms with Gasteiger partial charge in [-0.15, -0.1) is 0 Å². The summed E-state index contributed by atoms with van der Waals surface area (Å²) in [5.41, 5.74) is 1.44. The van der Waals surface area contributed by atoms with Crippen LogP contribution in [0.25, 0.3) is 0 Å². The SMILES string of the molecule is CCC(C)NC(C#N)c1cccc(C#N)c1. The Bertz CT molecular complexity index is 426. The van der Waals surface area contributed by atoms with Crippen LogP contribution in [-0.4, -0.2) is 6.04 Å². The number of nitrogens with one attached hydrogen (secondary N) is 1. The molecular formula is C13H15N3. The molecule has 0 aliphatic heterocycles. The zero-order chi connectivity index (χ0) is 12.0. The van der Waals surface area contributed by atoms with Gasteiger partial charge < -0.3 is 0 Å². The van der Waals surface area contributed by atoms with Crippen LogP contribution in [0.1, 0.15) is 37.4 Å². The van der Waals surface area contributed by atoms with E-state index in [1.54, 1.807) is 18.2 Å². The molecule has 0 fully saturated rings. The molecule has 0 heterocycles. The lowest BCUT2D eigenvalue weighted by Gasteiger charge is -2.16. The van der Waals surface area contributed by atoms with E-state index in [9.17, 15) is 0 Å². The molecule has 1 aromatic carbocycles. The third-order valence-corrected chi connectivity index (χ3v) is 2.54. The monoisotopic (exact) mass is 213 g/mol. The van der Waals surface area contributed by atoms with Crippen molar-refractivity contribution in [2.45, 2.75) is 32.4 Å². The maximum absolute atomic E-state index is 9.09. The fourth-order valence-corrected chi connectivity index (χ4v) is 1.40. The Labute approximate surface area is 96.3 Å². The lowest BCUT2D eigenvalue weighted by atomic mass is 10.0. The number of hydrogen-bond acceptors (Lipinski definition) is 3. The fraction of sp³-hybridized carbons (Fsp3) is 0.385. The first-order valence-corrected chi connectivity index (χ1v) is 5.37. The van der Waals surface area contributed by atoms with Crippen molar-refractivity contribution >= 4 is 0 Å². The van der Waals surface area contributed by atoms with Gasteiger partial charge in [-0.3, -0.25) is 5.32 Å². The summed E-state index contributed by atoms with van der Waals surface area (Å²) in [7, 11) is 0. The van der Waals surface area contributed by atoms with Crippen LogP contribution in [-0.2, 0) is 0 Å². The summed E-state index contributed by atoms with van der Waals surface area (Å²) in [6.45, 7) is 4.11. The first-order chi connectivity index (χ1) is 7.71. The molecule has 0 aliphatic carbocycles. The summed E-state index contributed by atoms with van der Waals surface area (Å²) in [5, 5.41) is 21.1. The average molecular weight is 213 g/mol. The van der Waals surface area contributed by atoms with Gasteiger partial charge in [0.2, 0.25) is 0 Å². The van der Waals surface area contributed by atoms with Crippen molar-refractivity contribution in [3.63, 3.8) is 0 Å². The maximum Gasteiger partial charge on any atom is 0.121 e. The predicted octanol–water partition coefficient (Wildman–Crippen LogP) is 2.51. The van der Waals surface area contributed by atoms with Gasteiger partial charge in [-0.2, -0.15) is 10.5 Å². The molecule has 0 aliphatic rings. The Hall–Kier alpha value is -1.84. The van der Waals surface area contributed by atoms with E-state index in [1.165, 1.54) is 0 Å². The van der Waals surface area contributed by atoms with Crippen molar-refractivity contribution in [1.82, 2.24) is 5.32 Å². The van der Waals surface area contributed by atoms with Crippen LogP contribution in [0.3, 0.4) is 0 Å². The van der Waals surface area contributed by atoms with E-state index in [1.807, 2.05) is 13.0 Å². The first-order valence-electron chi connectivity index (χ1n) is 5.37. The van der Waals surface area contributed by atoms with Crippen LogP contribution in [0.4, 0.5) is 0 Å². The number of nitrogens with zero attached hydrogens (tertiary/aromatic N) is 2. The van der Waals surface area contributed by atoms with Crippen LogP contribution < -0.4 is 5.32 Å². The predicted molar refractivity (Wildman–Crippen MR) is 62.4 cm³/mol. The molecule has 1 rings (SSSR count). The zero-order valence-electron chi connectivity index (χ0n) is 9.57. The van der Waals surface area contributed by atoms with Crippen LogP contribution in [0.5, 0.6) is 0 Å². The summed E-state index contributed by atoms with van der Waals surface area (Å²) >= 11 is 0. The van der Waals surface area contributed by atoms with Crippen molar-refractivity contribution < 1.29 is 0 Å². The molecule has 0 spiro atoms. The summed E-state index contributed by atoms with van der Waals surface area (Å²) in [5.74, 6) is 0. The first kappa shape index (κ1) is 12.2. The molecule has 82 valence electrons. The minimum absolute atomic E-state index is 0.287. The average Bonchev–Trinajstić information content (AvgIpc) is 2.35. The molecular weight excluding hydrogens is 198 g/mol. The molecule has 1 aromatic rings. The topological polar surface area (TPSA) is 59.6 Å². The van der Waals surface area contributed by atoms with Crippen LogP contribution in [0, 0.1) is 22.7 Å². The van der Waals surface area contributed by atoms with Gasteiger partial charge in [0.1, 0.15) is 6.04 Å². The summed E-state index contributed by atoms with van der Waals surface area (Å²) < 4.78 is 0. The smallest absolute Gasteiger partial charge is 0.121 e. The van der Waals surface area contributed by atoms with E-state index in [2.05, 4.69) is 24.4 Å². The second-order valence-corrected chi connectivity index (χ2v) is 3.78. The van der Waals surface area contributed by atoms with E-state index >= 15 is 0 Å². The van der Waals surface area contributed by atoms with Gasteiger partial charge >= 0.3 is 0 Å². The molecule has 3 nitrogen and oxygen atoms in total. The van der Waals surface area contributed by atoms with E-state index in [4.69, 9.17) is 10.5 Å². The Morgan fingerprint density at radius 1 is 1.38 bits per heavy atom. The normalized spacial score (nSPS) is 13.5. The Morgan fingerprint density at radius 2 is 2.12 bits per heavy atom. The molecule has 0 bridgehead atoms. The van der Waals surface area contributed by atoms with Gasteiger partial charge in [0.15, 0.2) is 0 Å². The molecule has 0 saturated carbocycles. The molecule has 0 aromatic heterocycles. The fourth-order valence-electron chi connectivity index (χ4n) is 1.40. The van der Waals surface area contributed by atoms with E-state index < -0.39 is 0 Å². The molecule has 2 atom stereocenters. The second kappa shape index (κ2) is 5.90. The highest BCUT2D eigenvalue weighted by Crippen LogP contribution is 2.14. The van der Waals surface area contributed by atoms with Gasteiger partial charge in [0.25, 0.3) is 0 Å². The zero-order valence-corrected chi connectivity index (χ0v) is 9.57. The third-order valence-electron chi connectivity index (χ3n) is 2.54. The van der Waals surface area contributed by atoms with Crippen molar-refractivity contribution in [3.05, 3.63) is 35.4 Å². The number of nitriles is 2. The number of benzene rings is 1. The Balaban J connectivity index is 2.88. The molecule has 2 unspecified atom stereocenters. The molecule has 1 N–H and O–H groups in total. The van der Waals surface area contributed by atoms with Crippen molar-refractivity contribution in [2.24, 2.45) is 0 Å².